The zero-order valence-corrected chi connectivity index (χ0v) is 18.3. The smallest absolute Gasteiger partial charge is 0.225 e. The van der Waals surface area contributed by atoms with Gasteiger partial charge in [0, 0.05) is 67.7 Å². The molecule has 1 aliphatic rings. The summed E-state index contributed by atoms with van der Waals surface area (Å²) in [4.78, 5) is 24.0. The van der Waals surface area contributed by atoms with Crippen molar-refractivity contribution in [3.8, 4) is 0 Å². The highest BCUT2D eigenvalue weighted by Crippen LogP contribution is 2.25. The topological polar surface area (TPSA) is 54.3 Å². The number of benzene rings is 1. The summed E-state index contributed by atoms with van der Waals surface area (Å²) in [6.07, 6.45) is 9.47. The molecule has 2 aromatic heterocycles. The van der Waals surface area contributed by atoms with Crippen LogP contribution in [0.5, 0.6) is 0 Å². The van der Waals surface area contributed by atoms with Gasteiger partial charge in [0.05, 0.1) is 5.56 Å². The van der Waals surface area contributed by atoms with Crippen molar-refractivity contribution in [2.75, 3.05) is 38.1 Å². The predicted molar refractivity (Wildman–Crippen MR) is 121 cm³/mol. The standard InChI is InChI=1S/C23H28ClN5O/c1-27(8-7-19-15-28(2)22-4-3-20(24)11-21(19)22)14-17-5-9-29(10-6-17)23-25-12-18(16-30)13-26-23/h3-4,11-13,15-17H,5-10,14H2,1-2H3. The molecule has 0 radical (unpaired) electrons. The van der Waals surface area contributed by atoms with E-state index in [2.05, 4.69) is 56.8 Å². The number of hydrogen-bond acceptors (Lipinski definition) is 5. The first-order valence-electron chi connectivity index (χ1n) is 10.5. The molecule has 0 saturated carbocycles. The molecule has 3 heterocycles. The van der Waals surface area contributed by atoms with Gasteiger partial charge in [0.25, 0.3) is 0 Å². The number of aromatic nitrogens is 3. The summed E-state index contributed by atoms with van der Waals surface area (Å²) in [7, 11) is 4.30. The number of halogens is 1. The maximum absolute atomic E-state index is 10.8. The van der Waals surface area contributed by atoms with Crippen LogP contribution in [0.15, 0.2) is 36.8 Å². The molecule has 30 heavy (non-hydrogen) atoms. The largest absolute Gasteiger partial charge is 0.350 e. The van der Waals surface area contributed by atoms with E-state index >= 15 is 0 Å². The minimum Gasteiger partial charge on any atom is -0.350 e. The molecule has 1 fully saturated rings. The van der Waals surface area contributed by atoms with Gasteiger partial charge in [-0.05, 0) is 56.0 Å². The van der Waals surface area contributed by atoms with Gasteiger partial charge in [0.15, 0.2) is 6.29 Å². The fourth-order valence-corrected chi connectivity index (χ4v) is 4.53. The molecule has 1 aliphatic heterocycles. The second kappa shape index (κ2) is 9.14. The van der Waals surface area contributed by atoms with Crippen LogP contribution in [0, 0.1) is 5.92 Å². The highest BCUT2D eigenvalue weighted by atomic mass is 35.5. The lowest BCUT2D eigenvalue weighted by Gasteiger charge is -2.33. The maximum atomic E-state index is 10.8. The first kappa shape index (κ1) is 20.8. The van der Waals surface area contributed by atoms with Gasteiger partial charge in [-0.15, -0.1) is 0 Å². The molecule has 3 aromatic rings. The van der Waals surface area contributed by atoms with Crippen molar-refractivity contribution >= 4 is 34.7 Å². The van der Waals surface area contributed by atoms with Crippen LogP contribution >= 0.6 is 11.6 Å². The number of carbonyl (C=O) groups excluding carboxylic acids is 1. The summed E-state index contributed by atoms with van der Waals surface area (Å²) >= 11 is 6.21. The number of likely N-dealkylation sites (N-methyl/N-ethyl adjacent to an activating group) is 1. The first-order valence-corrected chi connectivity index (χ1v) is 10.9. The second-order valence-corrected chi connectivity index (χ2v) is 8.74. The number of rotatable bonds is 7. The number of piperidine rings is 1. The Labute approximate surface area is 182 Å². The molecule has 6 nitrogen and oxygen atoms in total. The second-order valence-electron chi connectivity index (χ2n) is 8.30. The van der Waals surface area contributed by atoms with Gasteiger partial charge in [0.1, 0.15) is 0 Å². The highest BCUT2D eigenvalue weighted by molar-refractivity contribution is 6.31. The summed E-state index contributed by atoms with van der Waals surface area (Å²) in [5.41, 5.74) is 3.10. The molecule has 1 aromatic carbocycles. The van der Waals surface area contributed by atoms with E-state index in [1.54, 1.807) is 12.4 Å². The zero-order valence-electron chi connectivity index (χ0n) is 17.6. The highest BCUT2D eigenvalue weighted by Gasteiger charge is 2.22. The van der Waals surface area contributed by atoms with E-state index in [0.29, 0.717) is 11.5 Å². The van der Waals surface area contributed by atoms with Crippen molar-refractivity contribution in [1.82, 2.24) is 19.4 Å². The predicted octanol–water partition coefficient (Wildman–Crippen LogP) is 3.83. The molecule has 4 rings (SSSR count). The van der Waals surface area contributed by atoms with Crippen LogP contribution in [0.1, 0.15) is 28.8 Å². The molecular weight excluding hydrogens is 398 g/mol. The third kappa shape index (κ3) is 4.65. The Kier molecular flexibility index (Phi) is 6.35. The maximum Gasteiger partial charge on any atom is 0.225 e. The summed E-state index contributed by atoms with van der Waals surface area (Å²) < 4.78 is 2.18. The van der Waals surface area contributed by atoms with E-state index in [9.17, 15) is 4.79 Å². The molecule has 0 atom stereocenters. The van der Waals surface area contributed by atoms with Gasteiger partial charge >= 0.3 is 0 Å². The van der Waals surface area contributed by atoms with E-state index in [4.69, 9.17) is 11.6 Å². The molecule has 0 aliphatic carbocycles. The Morgan fingerprint density at radius 2 is 1.97 bits per heavy atom. The van der Waals surface area contributed by atoms with Crippen LogP contribution in [0.2, 0.25) is 5.02 Å². The average Bonchev–Trinajstić information content (AvgIpc) is 3.07. The van der Waals surface area contributed by atoms with Crippen LogP contribution < -0.4 is 4.90 Å². The van der Waals surface area contributed by atoms with Crippen molar-refractivity contribution in [3.05, 3.63) is 52.9 Å². The first-order chi connectivity index (χ1) is 14.5. The number of hydrogen-bond donors (Lipinski definition) is 0. The van der Waals surface area contributed by atoms with Crippen LogP contribution in [-0.2, 0) is 13.5 Å². The van der Waals surface area contributed by atoms with E-state index in [-0.39, 0.29) is 0 Å². The summed E-state index contributed by atoms with van der Waals surface area (Å²) in [5.74, 6) is 1.41. The molecule has 0 unspecified atom stereocenters. The lowest BCUT2D eigenvalue weighted by Crippen LogP contribution is -2.39. The molecule has 0 N–H and O–H groups in total. The monoisotopic (exact) mass is 425 g/mol. The Bertz CT molecular complexity index is 1010. The van der Waals surface area contributed by atoms with Crippen molar-refractivity contribution < 1.29 is 4.79 Å². The average molecular weight is 426 g/mol. The molecule has 0 amide bonds. The van der Waals surface area contributed by atoms with Gasteiger partial charge in [-0.3, -0.25) is 4.79 Å². The Hall–Kier alpha value is -2.44. The lowest BCUT2D eigenvalue weighted by atomic mass is 9.96. The third-order valence-electron chi connectivity index (χ3n) is 6.06. The fourth-order valence-electron chi connectivity index (χ4n) is 4.36. The number of aldehydes is 1. The Balaban J connectivity index is 1.27. The summed E-state index contributed by atoms with van der Waals surface area (Å²) in [6, 6.07) is 6.12. The SMILES string of the molecule is CN(CCc1cn(C)c2ccc(Cl)cc12)CC1CCN(c2ncc(C=O)cn2)CC1. The molecule has 1 saturated heterocycles. The normalized spacial score (nSPS) is 15.3. The lowest BCUT2D eigenvalue weighted by molar-refractivity contribution is 0.112. The number of aryl methyl sites for hydroxylation is 1. The minimum absolute atomic E-state index is 0.517. The van der Waals surface area contributed by atoms with Gasteiger partial charge in [-0.2, -0.15) is 0 Å². The molecular formula is C23H28ClN5O. The van der Waals surface area contributed by atoms with Crippen molar-refractivity contribution in [3.63, 3.8) is 0 Å². The van der Waals surface area contributed by atoms with E-state index in [1.807, 2.05) is 6.07 Å². The third-order valence-corrected chi connectivity index (χ3v) is 6.29. The number of fused-ring (bicyclic) bond motifs is 1. The van der Waals surface area contributed by atoms with E-state index < -0.39 is 0 Å². The number of carbonyl (C=O) groups is 1. The van der Waals surface area contributed by atoms with Crippen molar-refractivity contribution in [1.29, 1.82) is 0 Å². The minimum atomic E-state index is 0.517. The van der Waals surface area contributed by atoms with Crippen LogP contribution in [0.4, 0.5) is 5.95 Å². The van der Waals surface area contributed by atoms with Crippen molar-refractivity contribution in [2.45, 2.75) is 19.3 Å². The Morgan fingerprint density at radius 1 is 1.23 bits per heavy atom. The quantitative estimate of drug-likeness (QED) is 0.538. The van der Waals surface area contributed by atoms with Crippen molar-refractivity contribution in [2.24, 2.45) is 13.0 Å². The van der Waals surface area contributed by atoms with Gasteiger partial charge in [-0.1, -0.05) is 11.6 Å². The van der Waals surface area contributed by atoms with Crippen LogP contribution in [-0.4, -0.2) is 58.9 Å². The molecule has 0 bridgehead atoms. The number of anilines is 1. The summed E-state index contributed by atoms with van der Waals surface area (Å²) in [6.45, 7) is 4.05. The fraction of sp³-hybridized carbons (Fsp3) is 0.435. The van der Waals surface area contributed by atoms with Gasteiger partial charge < -0.3 is 14.4 Å². The molecule has 7 heteroatoms. The zero-order chi connectivity index (χ0) is 21.1. The Morgan fingerprint density at radius 3 is 2.67 bits per heavy atom. The number of nitrogens with zero attached hydrogens (tertiary/aromatic N) is 5. The van der Waals surface area contributed by atoms with Gasteiger partial charge in [-0.25, -0.2) is 9.97 Å². The molecule has 158 valence electrons. The van der Waals surface area contributed by atoms with Crippen LogP contribution in [0.25, 0.3) is 10.9 Å². The van der Waals surface area contributed by atoms with E-state index in [0.717, 1.165) is 62.7 Å². The van der Waals surface area contributed by atoms with E-state index in [1.165, 1.54) is 16.5 Å². The molecule has 0 spiro atoms. The summed E-state index contributed by atoms with van der Waals surface area (Å²) in [5, 5.41) is 2.05. The van der Waals surface area contributed by atoms with Crippen LogP contribution in [0.3, 0.4) is 0 Å². The van der Waals surface area contributed by atoms with Gasteiger partial charge in [0.2, 0.25) is 5.95 Å².